The summed E-state index contributed by atoms with van der Waals surface area (Å²) < 4.78 is 27.7. The molecule has 0 fully saturated rings. The number of nitrogens with one attached hydrogen (secondary N) is 2. The average Bonchev–Trinajstić information content (AvgIpc) is 3.05. The predicted octanol–water partition coefficient (Wildman–Crippen LogP) is 5.60. The van der Waals surface area contributed by atoms with Crippen molar-refractivity contribution in [3.05, 3.63) is 83.4 Å². The van der Waals surface area contributed by atoms with Gasteiger partial charge in [-0.2, -0.15) is 0 Å². The van der Waals surface area contributed by atoms with E-state index in [1.807, 2.05) is 49.4 Å². The van der Waals surface area contributed by atoms with Gasteiger partial charge in [0.05, 0.1) is 4.90 Å². The van der Waals surface area contributed by atoms with Gasteiger partial charge in [-0.05, 0) is 66.6 Å². The number of halogens is 1. The van der Waals surface area contributed by atoms with E-state index in [1.54, 1.807) is 30.3 Å². The zero-order valence-corrected chi connectivity index (χ0v) is 16.1. The molecule has 0 spiro atoms. The van der Waals surface area contributed by atoms with Crippen LogP contribution in [0.25, 0.3) is 22.2 Å². The lowest BCUT2D eigenvalue weighted by Gasteiger charge is -2.09. The maximum atomic E-state index is 12.5. The third-order valence-corrected chi connectivity index (χ3v) is 5.94. The fourth-order valence-electron chi connectivity index (χ4n) is 2.97. The molecule has 0 radical (unpaired) electrons. The normalized spacial score (nSPS) is 11.6. The number of anilines is 1. The van der Waals surface area contributed by atoms with Crippen LogP contribution < -0.4 is 4.72 Å². The minimum Gasteiger partial charge on any atom is -0.355 e. The van der Waals surface area contributed by atoms with Crippen molar-refractivity contribution in [1.29, 1.82) is 0 Å². The van der Waals surface area contributed by atoms with E-state index in [9.17, 15) is 8.42 Å². The van der Waals surface area contributed by atoms with Gasteiger partial charge >= 0.3 is 0 Å². The molecule has 2 N–H and O–H groups in total. The Hall–Kier alpha value is -2.76. The first-order valence-electron chi connectivity index (χ1n) is 8.39. The molecule has 6 heteroatoms. The number of aryl methyl sites for hydroxylation is 1. The highest BCUT2D eigenvalue weighted by Gasteiger charge is 2.14. The average molecular weight is 397 g/mol. The second-order valence-electron chi connectivity index (χ2n) is 6.41. The summed E-state index contributed by atoms with van der Waals surface area (Å²) in [5.41, 5.74) is 4.31. The van der Waals surface area contributed by atoms with Gasteiger partial charge in [0.15, 0.2) is 0 Å². The third-order valence-electron chi connectivity index (χ3n) is 4.33. The molecular weight excluding hydrogens is 380 g/mol. The number of fused-ring (bicyclic) bond motifs is 1. The molecule has 27 heavy (non-hydrogen) atoms. The first kappa shape index (κ1) is 17.6. The van der Waals surface area contributed by atoms with Crippen molar-refractivity contribution in [3.8, 4) is 11.3 Å². The molecule has 1 heterocycles. The molecule has 0 bridgehead atoms. The first-order valence-corrected chi connectivity index (χ1v) is 10.2. The van der Waals surface area contributed by atoms with Crippen LogP contribution in [0.4, 0.5) is 5.69 Å². The van der Waals surface area contributed by atoms with E-state index < -0.39 is 10.0 Å². The monoisotopic (exact) mass is 396 g/mol. The summed E-state index contributed by atoms with van der Waals surface area (Å²) in [6, 6.07) is 21.8. The number of hydrogen-bond donors (Lipinski definition) is 2. The Morgan fingerprint density at radius 1 is 0.926 bits per heavy atom. The van der Waals surface area contributed by atoms with Gasteiger partial charge in [0.25, 0.3) is 10.0 Å². The largest absolute Gasteiger partial charge is 0.355 e. The topological polar surface area (TPSA) is 62.0 Å². The van der Waals surface area contributed by atoms with Crippen molar-refractivity contribution in [1.82, 2.24) is 4.98 Å². The summed E-state index contributed by atoms with van der Waals surface area (Å²) in [6.07, 6.45) is 0. The highest BCUT2D eigenvalue weighted by molar-refractivity contribution is 7.92. The predicted molar refractivity (Wildman–Crippen MR) is 111 cm³/mol. The number of benzene rings is 3. The van der Waals surface area contributed by atoms with E-state index in [0.717, 1.165) is 27.7 Å². The molecule has 0 amide bonds. The number of rotatable bonds is 4. The number of aromatic nitrogens is 1. The Labute approximate surface area is 162 Å². The minimum atomic E-state index is -3.61. The van der Waals surface area contributed by atoms with Gasteiger partial charge in [-0.25, -0.2) is 8.42 Å². The molecule has 4 rings (SSSR count). The molecular formula is C21H17ClN2O2S. The Kier molecular flexibility index (Phi) is 4.42. The van der Waals surface area contributed by atoms with E-state index >= 15 is 0 Å². The first-order chi connectivity index (χ1) is 12.9. The van der Waals surface area contributed by atoms with Gasteiger partial charge in [-0.3, -0.25) is 4.72 Å². The van der Waals surface area contributed by atoms with Gasteiger partial charge in [-0.15, -0.1) is 0 Å². The fourth-order valence-corrected chi connectivity index (χ4v) is 4.32. The van der Waals surface area contributed by atoms with Crippen molar-refractivity contribution in [2.45, 2.75) is 11.8 Å². The van der Waals surface area contributed by atoms with Crippen molar-refractivity contribution in [2.75, 3.05) is 4.72 Å². The second-order valence-corrected chi connectivity index (χ2v) is 8.53. The quantitative estimate of drug-likeness (QED) is 0.471. The van der Waals surface area contributed by atoms with Crippen LogP contribution in [-0.4, -0.2) is 13.4 Å². The van der Waals surface area contributed by atoms with E-state index in [0.29, 0.717) is 10.7 Å². The molecule has 4 nitrogen and oxygen atoms in total. The van der Waals surface area contributed by atoms with Crippen LogP contribution in [0.2, 0.25) is 5.02 Å². The maximum Gasteiger partial charge on any atom is 0.261 e. The highest BCUT2D eigenvalue weighted by Crippen LogP contribution is 2.27. The highest BCUT2D eigenvalue weighted by atomic mass is 35.5. The number of H-pyrrole nitrogens is 1. The molecule has 0 aliphatic rings. The van der Waals surface area contributed by atoms with Crippen LogP contribution in [0.15, 0.2) is 77.7 Å². The van der Waals surface area contributed by atoms with Crippen LogP contribution >= 0.6 is 11.6 Å². The molecule has 3 aromatic carbocycles. The second kappa shape index (κ2) is 6.76. The maximum absolute atomic E-state index is 12.5. The molecule has 1 aromatic heterocycles. The Morgan fingerprint density at radius 3 is 2.44 bits per heavy atom. The van der Waals surface area contributed by atoms with Crippen LogP contribution in [0.3, 0.4) is 0 Å². The zero-order chi connectivity index (χ0) is 19.0. The summed E-state index contributed by atoms with van der Waals surface area (Å²) >= 11 is 6.04. The van der Waals surface area contributed by atoms with Crippen molar-refractivity contribution < 1.29 is 8.42 Å². The summed E-state index contributed by atoms with van der Waals surface area (Å²) in [4.78, 5) is 3.59. The van der Waals surface area contributed by atoms with Gasteiger partial charge in [0.1, 0.15) is 0 Å². The molecule has 4 aromatic rings. The summed E-state index contributed by atoms with van der Waals surface area (Å²) in [7, 11) is -3.61. The SMILES string of the molecule is Cc1cccc(S(=O)(=O)Nc2ccc(-c3cc4cc(Cl)ccc4[nH]3)cc2)c1. The van der Waals surface area contributed by atoms with E-state index in [4.69, 9.17) is 11.6 Å². The zero-order valence-electron chi connectivity index (χ0n) is 14.5. The smallest absolute Gasteiger partial charge is 0.261 e. The Balaban J connectivity index is 1.60. The Morgan fingerprint density at radius 2 is 1.70 bits per heavy atom. The molecule has 136 valence electrons. The fraction of sp³-hybridized carbons (Fsp3) is 0.0476. The summed E-state index contributed by atoms with van der Waals surface area (Å²) in [5.74, 6) is 0. The van der Waals surface area contributed by atoms with Crippen molar-refractivity contribution in [2.24, 2.45) is 0 Å². The molecule has 0 aliphatic carbocycles. The number of sulfonamides is 1. The molecule has 0 aliphatic heterocycles. The lowest BCUT2D eigenvalue weighted by atomic mass is 10.1. The third kappa shape index (κ3) is 3.70. The summed E-state index contributed by atoms with van der Waals surface area (Å²) in [6.45, 7) is 1.86. The van der Waals surface area contributed by atoms with Crippen LogP contribution in [0.1, 0.15) is 5.56 Å². The van der Waals surface area contributed by atoms with E-state index in [1.165, 1.54) is 0 Å². The number of hydrogen-bond acceptors (Lipinski definition) is 2. The van der Waals surface area contributed by atoms with Gasteiger partial charge < -0.3 is 4.98 Å². The molecule has 0 atom stereocenters. The van der Waals surface area contributed by atoms with Crippen LogP contribution in [0.5, 0.6) is 0 Å². The lowest BCUT2D eigenvalue weighted by molar-refractivity contribution is 0.601. The van der Waals surface area contributed by atoms with Gasteiger partial charge in [0.2, 0.25) is 0 Å². The van der Waals surface area contributed by atoms with Gasteiger partial charge in [0, 0.05) is 27.3 Å². The molecule has 0 saturated heterocycles. The number of aromatic amines is 1. The van der Waals surface area contributed by atoms with Crippen molar-refractivity contribution >= 4 is 38.2 Å². The van der Waals surface area contributed by atoms with Crippen molar-refractivity contribution in [3.63, 3.8) is 0 Å². The Bertz CT molecular complexity index is 1230. The minimum absolute atomic E-state index is 0.249. The summed E-state index contributed by atoms with van der Waals surface area (Å²) in [5, 5.41) is 1.72. The van der Waals surface area contributed by atoms with E-state index in [2.05, 4.69) is 9.71 Å². The molecule has 0 saturated carbocycles. The van der Waals surface area contributed by atoms with Crippen LogP contribution in [-0.2, 0) is 10.0 Å². The van der Waals surface area contributed by atoms with Crippen LogP contribution in [0, 0.1) is 6.92 Å². The lowest BCUT2D eigenvalue weighted by Crippen LogP contribution is -2.12. The standard InChI is InChI=1S/C21H17ClN2O2S/c1-14-3-2-4-19(11-14)27(25,26)24-18-8-5-15(6-9-18)21-13-16-12-17(22)7-10-20(16)23-21/h2-13,23-24H,1H3. The van der Waals surface area contributed by atoms with E-state index in [-0.39, 0.29) is 4.90 Å². The van der Waals surface area contributed by atoms with Gasteiger partial charge in [-0.1, -0.05) is 35.9 Å². The molecule has 0 unspecified atom stereocenters.